The highest BCUT2D eigenvalue weighted by atomic mass is 32.1. The zero-order valence-electron chi connectivity index (χ0n) is 12.9. The maximum Gasteiger partial charge on any atom is 0.196 e. The third-order valence-electron chi connectivity index (χ3n) is 3.40. The van der Waals surface area contributed by atoms with Crippen molar-refractivity contribution >= 4 is 44.3 Å². The minimum absolute atomic E-state index is 0.251. The minimum Gasteiger partial charge on any atom is -0.277 e. The van der Waals surface area contributed by atoms with Crippen molar-refractivity contribution in [3.05, 3.63) is 65.0 Å². The molecule has 0 unspecified atom stereocenters. The van der Waals surface area contributed by atoms with Crippen LogP contribution in [0.2, 0.25) is 0 Å². The van der Waals surface area contributed by atoms with Crippen molar-refractivity contribution in [3.63, 3.8) is 0 Å². The van der Waals surface area contributed by atoms with E-state index in [9.17, 15) is 5.26 Å². The number of hydrogen-bond acceptors (Lipinski definition) is 7. The molecule has 25 heavy (non-hydrogen) atoms. The molecule has 0 aliphatic carbocycles. The Balaban J connectivity index is 1.62. The van der Waals surface area contributed by atoms with Gasteiger partial charge in [-0.1, -0.05) is 30.3 Å². The van der Waals surface area contributed by atoms with E-state index in [2.05, 4.69) is 26.6 Å². The Morgan fingerprint density at radius 3 is 2.64 bits per heavy atom. The number of benzene rings is 2. The molecule has 0 aliphatic heterocycles. The Kier molecular flexibility index (Phi) is 4.21. The lowest BCUT2D eigenvalue weighted by molar-refractivity contribution is 1.30. The second kappa shape index (κ2) is 6.81. The van der Waals surface area contributed by atoms with Gasteiger partial charge in [0.05, 0.1) is 15.9 Å². The van der Waals surface area contributed by atoms with Gasteiger partial charge in [-0.2, -0.15) is 10.4 Å². The Bertz CT molecular complexity index is 1060. The number of nitriles is 1. The third-order valence-corrected chi connectivity index (χ3v) is 5.30. The molecule has 0 amide bonds. The van der Waals surface area contributed by atoms with E-state index in [4.69, 9.17) is 0 Å². The van der Waals surface area contributed by atoms with Crippen LogP contribution in [0.25, 0.3) is 20.9 Å². The molecule has 0 bridgehead atoms. The fraction of sp³-hybridized carbons (Fsp3) is 0. The van der Waals surface area contributed by atoms with Crippen molar-refractivity contribution in [2.24, 2.45) is 5.10 Å². The van der Waals surface area contributed by atoms with Crippen LogP contribution in [0.1, 0.15) is 5.01 Å². The topological polar surface area (TPSA) is 74.0 Å². The lowest BCUT2D eigenvalue weighted by Crippen LogP contribution is -2.01. The summed E-state index contributed by atoms with van der Waals surface area (Å²) in [4.78, 5) is 9.13. The van der Waals surface area contributed by atoms with Gasteiger partial charge < -0.3 is 0 Å². The molecule has 0 spiro atoms. The highest BCUT2D eigenvalue weighted by Gasteiger charge is 2.13. The SMILES string of the molecule is N#C/C(=N\Nc1ccccc1)c1nc(-c2nc3ccccc3s2)cs1. The van der Waals surface area contributed by atoms with Gasteiger partial charge in [-0.25, -0.2) is 9.97 Å². The smallest absolute Gasteiger partial charge is 0.196 e. The predicted octanol–water partition coefficient (Wildman–Crippen LogP) is 4.76. The highest BCUT2D eigenvalue weighted by molar-refractivity contribution is 7.22. The van der Waals surface area contributed by atoms with Gasteiger partial charge in [-0.05, 0) is 24.3 Å². The van der Waals surface area contributed by atoms with Crippen molar-refractivity contribution < 1.29 is 0 Å². The summed E-state index contributed by atoms with van der Waals surface area (Å²) in [5.41, 5.74) is 5.68. The standard InChI is InChI=1S/C18H11N5S2/c19-10-14(23-22-12-6-2-1-3-7-12)17-21-15(11-24-17)18-20-13-8-4-5-9-16(13)25-18/h1-9,11,22H/b23-14+. The van der Waals surface area contributed by atoms with E-state index >= 15 is 0 Å². The second-order valence-electron chi connectivity index (χ2n) is 5.07. The first-order valence-electron chi connectivity index (χ1n) is 7.44. The number of rotatable bonds is 4. The molecule has 1 N–H and O–H groups in total. The predicted molar refractivity (Wildman–Crippen MR) is 103 cm³/mol. The molecule has 0 aliphatic rings. The molecule has 7 heteroatoms. The van der Waals surface area contributed by atoms with Crippen molar-refractivity contribution in [2.75, 3.05) is 5.43 Å². The minimum atomic E-state index is 0.251. The Labute approximate surface area is 151 Å². The maximum atomic E-state index is 9.38. The molecule has 2 aromatic heterocycles. The number of para-hydroxylation sites is 2. The summed E-state index contributed by atoms with van der Waals surface area (Å²) < 4.78 is 1.12. The highest BCUT2D eigenvalue weighted by Crippen LogP contribution is 2.30. The zero-order chi connectivity index (χ0) is 17.1. The quantitative estimate of drug-likeness (QED) is 0.420. The van der Waals surface area contributed by atoms with Gasteiger partial charge in [0, 0.05) is 5.38 Å². The first-order chi connectivity index (χ1) is 12.3. The van der Waals surface area contributed by atoms with Crippen LogP contribution in [0, 0.1) is 11.3 Å². The van der Waals surface area contributed by atoms with Crippen LogP contribution in [0.5, 0.6) is 0 Å². The molecule has 2 aromatic carbocycles. The second-order valence-corrected chi connectivity index (χ2v) is 6.96. The van der Waals surface area contributed by atoms with E-state index < -0.39 is 0 Å². The summed E-state index contributed by atoms with van der Waals surface area (Å²) in [7, 11) is 0. The first kappa shape index (κ1) is 15.4. The van der Waals surface area contributed by atoms with Gasteiger partial charge in [0.1, 0.15) is 16.8 Å². The molecule has 0 fully saturated rings. The van der Waals surface area contributed by atoms with Crippen LogP contribution >= 0.6 is 22.7 Å². The number of nitrogens with one attached hydrogen (secondary N) is 1. The van der Waals surface area contributed by atoms with Gasteiger partial charge in [-0.15, -0.1) is 22.7 Å². The maximum absolute atomic E-state index is 9.38. The summed E-state index contributed by atoms with van der Waals surface area (Å²) in [6.07, 6.45) is 0. The number of hydrazone groups is 1. The molecule has 0 saturated carbocycles. The number of hydrogen-bond donors (Lipinski definition) is 1. The van der Waals surface area contributed by atoms with Crippen LogP contribution in [-0.4, -0.2) is 15.7 Å². The molecule has 4 aromatic rings. The monoisotopic (exact) mass is 361 g/mol. The van der Waals surface area contributed by atoms with Crippen molar-refractivity contribution in [1.82, 2.24) is 9.97 Å². The molecular formula is C18H11N5S2. The summed E-state index contributed by atoms with van der Waals surface area (Å²) in [6, 6.07) is 19.6. The molecule has 0 atom stereocenters. The molecule has 2 heterocycles. The van der Waals surface area contributed by atoms with Crippen LogP contribution in [-0.2, 0) is 0 Å². The fourth-order valence-electron chi connectivity index (χ4n) is 2.22. The molecule has 4 rings (SSSR count). The van der Waals surface area contributed by atoms with Crippen molar-refractivity contribution in [3.8, 4) is 16.8 Å². The van der Waals surface area contributed by atoms with Crippen molar-refractivity contribution in [2.45, 2.75) is 0 Å². The number of fused-ring (bicyclic) bond motifs is 1. The van der Waals surface area contributed by atoms with E-state index in [1.54, 1.807) is 11.3 Å². The van der Waals surface area contributed by atoms with Crippen LogP contribution in [0.3, 0.4) is 0 Å². The number of thiazole rings is 2. The lowest BCUT2D eigenvalue weighted by atomic mass is 10.3. The van der Waals surface area contributed by atoms with Crippen LogP contribution in [0.15, 0.2) is 65.1 Å². The Morgan fingerprint density at radius 2 is 1.84 bits per heavy atom. The fourth-order valence-corrected chi connectivity index (χ4v) is 3.96. The van der Waals surface area contributed by atoms with E-state index in [0.29, 0.717) is 5.01 Å². The van der Waals surface area contributed by atoms with E-state index in [1.165, 1.54) is 11.3 Å². The zero-order valence-corrected chi connectivity index (χ0v) is 14.5. The summed E-state index contributed by atoms with van der Waals surface area (Å²) in [6.45, 7) is 0. The van der Waals surface area contributed by atoms with E-state index in [0.717, 1.165) is 26.6 Å². The van der Waals surface area contributed by atoms with Gasteiger partial charge >= 0.3 is 0 Å². The number of anilines is 1. The third kappa shape index (κ3) is 3.26. The normalized spacial score (nSPS) is 11.4. The lowest BCUT2D eigenvalue weighted by Gasteiger charge is -1.99. The molecule has 0 saturated heterocycles. The number of aromatic nitrogens is 2. The van der Waals surface area contributed by atoms with Gasteiger partial charge in [0.15, 0.2) is 10.7 Å². The van der Waals surface area contributed by atoms with Gasteiger partial charge in [0.25, 0.3) is 0 Å². The largest absolute Gasteiger partial charge is 0.277 e. The summed E-state index contributed by atoms with van der Waals surface area (Å²) in [5, 5.41) is 16.9. The van der Waals surface area contributed by atoms with Gasteiger partial charge in [0.2, 0.25) is 0 Å². The molecule has 0 radical (unpaired) electrons. The summed E-state index contributed by atoms with van der Waals surface area (Å²) in [5.74, 6) is 0. The molecule has 120 valence electrons. The van der Waals surface area contributed by atoms with Crippen LogP contribution in [0.4, 0.5) is 5.69 Å². The average Bonchev–Trinajstić information content (AvgIpc) is 3.30. The first-order valence-corrected chi connectivity index (χ1v) is 9.14. The van der Waals surface area contributed by atoms with Gasteiger partial charge in [-0.3, -0.25) is 5.43 Å². The van der Waals surface area contributed by atoms with Crippen molar-refractivity contribution in [1.29, 1.82) is 5.26 Å². The molecular weight excluding hydrogens is 350 g/mol. The van der Waals surface area contributed by atoms with E-state index in [-0.39, 0.29) is 5.71 Å². The molecule has 5 nitrogen and oxygen atoms in total. The summed E-state index contributed by atoms with van der Waals surface area (Å²) >= 11 is 2.97. The van der Waals surface area contributed by atoms with E-state index in [1.807, 2.05) is 60.0 Å². The van der Waals surface area contributed by atoms with Crippen LogP contribution < -0.4 is 5.43 Å². The number of nitrogens with zero attached hydrogens (tertiary/aromatic N) is 4. The Hall–Kier alpha value is -3.08. The Morgan fingerprint density at radius 1 is 1.04 bits per heavy atom. The average molecular weight is 361 g/mol.